The number of carbonyl (C=O) groups excluding carboxylic acids is 1. The third-order valence-corrected chi connectivity index (χ3v) is 3.43. The van der Waals surface area contributed by atoms with Crippen LogP contribution in [0.2, 0.25) is 0 Å². The number of halogens is 2. The molecule has 0 bridgehead atoms. The van der Waals surface area contributed by atoms with Crippen LogP contribution in [0.4, 0.5) is 8.78 Å². The summed E-state index contributed by atoms with van der Waals surface area (Å²) in [6.45, 7) is 0. The van der Waals surface area contributed by atoms with Crippen LogP contribution in [-0.4, -0.2) is 20.5 Å². The summed E-state index contributed by atoms with van der Waals surface area (Å²) < 4.78 is 29.5. The molecule has 1 heterocycles. The summed E-state index contributed by atoms with van der Waals surface area (Å²) in [7, 11) is 1.47. The number of ketones is 1. The maximum Gasteiger partial charge on any atom is 0.221 e. The van der Waals surface area contributed by atoms with E-state index in [0.29, 0.717) is 0 Å². The van der Waals surface area contributed by atoms with Crippen molar-refractivity contribution < 1.29 is 13.6 Å². The molecule has 0 N–H and O–H groups in total. The predicted molar refractivity (Wildman–Crippen MR) is 81.0 cm³/mol. The zero-order valence-electron chi connectivity index (χ0n) is 12.3. The number of alkyl halides is 1. The zero-order valence-corrected chi connectivity index (χ0v) is 12.3. The average molecular weight is 313 g/mol. The SMILES string of the molecule is Cn1nc(-c2ccccc2F)nc1C(F)C(=O)c1ccccc1. The van der Waals surface area contributed by atoms with Crippen LogP contribution in [0.1, 0.15) is 22.4 Å². The van der Waals surface area contributed by atoms with Gasteiger partial charge in [-0.25, -0.2) is 18.4 Å². The van der Waals surface area contributed by atoms with Crippen molar-refractivity contribution in [3.05, 3.63) is 71.8 Å². The first-order chi connectivity index (χ1) is 11.1. The van der Waals surface area contributed by atoms with Gasteiger partial charge in [0.05, 0.1) is 5.56 Å². The van der Waals surface area contributed by atoms with E-state index in [2.05, 4.69) is 10.1 Å². The molecule has 1 atom stereocenters. The lowest BCUT2D eigenvalue weighted by atomic mass is 10.1. The third-order valence-electron chi connectivity index (χ3n) is 3.43. The van der Waals surface area contributed by atoms with E-state index >= 15 is 0 Å². The van der Waals surface area contributed by atoms with Crippen LogP contribution in [0.5, 0.6) is 0 Å². The van der Waals surface area contributed by atoms with Gasteiger partial charge < -0.3 is 0 Å². The number of benzene rings is 2. The quantitative estimate of drug-likeness (QED) is 0.692. The standard InChI is InChI=1S/C17H13F2N3O/c1-22-17(14(19)15(23)11-7-3-2-4-8-11)20-16(21-22)12-9-5-6-10-13(12)18/h2-10,14H,1H3. The molecule has 0 aliphatic rings. The third kappa shape index (κ3) is 2.88. The lowest BCUT2D eigenvalue weighted by molar-refractivity contribution is 0.0866. The van der Waals surface area contributed by atoms with Gasteiger partial charge in [0, 0.05) is 12.6 Å². The van der Waals surface area contributed by atoms with Crippen molar-refractivity contribution >= 4 is 5.78 Å². The van der Waals surface area contributed by atoms with E-state index in [-0.39, 0.29) is 22.8 Å². The van der Waals surface area contributed by atoms with Gasteiger partial charge in [0.1, 0.15) is 5.82 Å². The fraction of sp³-hybridized carbons (Fsp3) is 0.118. The highest BCUT2D eigenvalue weighted by atomic mass is 19.1. The van der Waals surface area contributed by atoms with Crippen molar-refractivity contribution in [2.45, 2.75) is 6.17 Å². The summed E-state index contributed by atoms with van der Waals surface area (Å²) in [5.74, 6) is -1.32. The first-order valence-electron chi connectivity index (χ1n) is 6.97. The van der Waals surface area contributed by atoms with Crippen molar-refractivity contribution in [2.24, 2.45) is 7.05 Å². The highest BCUT2D eigenvalue weighted by Crippen LogP contribution is 2.25. The molecule has 0 aliphatic carbocycles. The molecule has 1 unspecified atom stereocenters. The van der Waals surface area contributed by atoms with Gasteiger partial charge in [-0.3, -0.25) is 4.79 Å². The van der Waals surface area contributed by atoms with E-state index < -0.39 is 17.8 Å². The Hall–Kier alpha value is -2.89. The number of hydrogen-bond acceptors (Lipinski definition) is 3. The summed E-state index contributed by atoms with van der Waals surface area (Å²) >= 11 is 0. The Bertz CT molecular complexity index is 846. The molecule has 0 saturated carbocycles. The van der Waals surface area contributed by atoms with Gasteiger partial charge in [0.25, 0.3) is 0 Å². The Labute approximate surface area is 131 Å². The van der Waals surface area contributed by atoms with Crippen molar-refractivity contribution in [1.29, 1.82) is 0 Å². The average Bonchev–Trinajstić information content (AvgIpc) is 2.96. The number of Topliss-reactive ketones (excluding diaryl/α,β-unsaturated/α-hetero) is 1. The molecule has 3 aromatic rings. The molecule has 0 amide bonds. The number of carbonyl (C=O) groups is 1. The highest BCUT2D eigenvalue weighted by Gasteiger charge is 2.27. The van der Waals surface area contributed by atoms with Crippen molar-refractivity contribution in [3.8, 4) is 11.4 Å². The normalized spacial score (nSPS) is 12.1. The molecule has 2 aromatic carbocycles. The topological polar surface area (TPSA) is 47.8 Å². The van der Waals surface area contributed by atoms with E-state index in [1.54, 1.807) is 30.3 Å². The minimum Gasteiger partial charge on any atom is -0.290 e. The first-order valence-corrected chi connectivity index (χ1v) is 6.97. The van der Waals surface area contributed by atoms with Gasteiger partial charge in [0.15, 0.2) is 11.6 Å². The fourth-order valence-corrected chi connectivity index (χ4v) is 2.24. The Kier molecular flexibility index (Phi) is 3.97. The van der Waals surface area contributed by atoms with Crippen LogP contribution in [0.3, 0.4) is 0 Å². The smallest absolute Gasteiger partial charge is 0.221 e. The Morgan fingerprint density at radius 1 is 1.09 bits per heavy atom. The lowest BCUT2D eigenvalue weighted by Crippen LogP contribution is -2.13. The summed E-state index contributed by atoms with van der Waals surface area (Å²) in [4.78, 5) is 16.2. The molecule has 0 radical (unpaired) electrons. The van der Waals surface area contributed by atoms with Crippen molar-refractivity contribution in [3.63, 3.8) is 0 Å². The van der Waals surface area contributed by atoms with E-state index in [0.717, 1.165) is 4.68 Å². The molecule has 116 valence electrons. The Morgan fingerprint density at radius 2 is 1.74 bits per heavy atom. The van der Waals surface area contributed by atoms with Crippen LogP contribution < -0.4 is 0 Å². The fourth-order valence-electron chi connectivity index (χ4n) is 2.24. The van der Waals surface area contributed by atoms with Crippen LogP contribution in [0.15, 0.2) is 54.6 Å². The summed E-state index contributed by atoms with van der Waals surface area (Å²) in [6, 6.07) is 14.1. The minimum atomic E-state index is -1.96. The number of nitrogens with zero attached hydrogens (tertiary/aromatic N) is 3. The van der Waals surface area contributed by atoms with E-state index in [9.17, 15) is 13.6 Å². The lowest BCUT2D eigenvalue weighted by Gasteiger charge is -2.06. The van der Waals surface area contributed by atoms with Gasteiger partial charge in [-0.1, -0.05) is 42.5 Å². The summed E-state index contributed by atoms with van der Waals surface area (Å²) in [5, 5.41) is 4.01. The number of aromatic nitrogens is 3. The Morgan fingerprint density at radius 3 is 2.43 bits per heavy atom. The second-order valence-corrected chi connectivity index (χ2v) is 4.99. The number of aryl methyl sites for hydroxylation is 1. The van der Waals surface area contributed by atoms with Crippen molar-refractivity contribution in [1.82, 2.24) is 14.8 Å². The van der Waals surface area contributed by atoms with Crippen LogP contribution in [0.25, 0.3) is 11.4 Å². The van der Waals surface area contributed by atoms with E-state index in [1.807, 2.05) is 0 Å². The minimum absolute atomic E-state index is 0.0455. The van der Waals surface area contributed by atoms with Gasteiger partial charge in [0.2, 0.25) is 12.0 Å². The van der Waals surface area contributed by atoms with Gasteiger partial charge >= 0.3 is 0 Å². The molecular weight excluding hydrogens is 300 g/mol. The molecule has 0 saturated heterocycles. The maximum absolute atomic E-state index is 14.5. The molecule has 6 heteroatoms. The molecular formula is C17H13F2N3O. The molecule has 23 heavy (non-hydrogen) atoms. The van der Waals surface area contributed by atoms with Crippen molar-refractivity contribution in [2.75, 3.05) is 0 Å². The first kappa shape index (κ1) is 15.0. The maximum atomic E-state index is 14.5. The van der Waals surface area contributed by atoms with Gasteiger partial charge in [-0.05, 0) is 12.1 Å². The second kappa shape index (κ2) is 6.08. The van der Waals surface area contributed by atoms with Crippen LogP contribution in [0, 0.1) is 5.82 Å². The zero-order chi connectivity index (χ0) is 16.4. The van der Waals surface area contributed by atoms with Crippen LogP contribution in [-0.2, 0) is 7.05 Å². The Balaban J connectivity index is 1.95. The summed E-state index contributed by atoms with van der Waals surface area (Å²) in [6.07, 6.45) is -1.96. The molecule has 3 rings (SSSR count). The molecule has 0 aliphatic heterocycles. The summed E-state index contributed by atoms with van der Waals surface area (Å²) in [5.41, 5.74) is 0.407. The van der Waals surface area contributed by atoms with E-state index in [4.69, 9.17) is 0 Å². The molecule has 1 aromatic heterocycles. The largest absolute Gasteiger partial charge is 0.290 e. The highest BCUT2D eigenvalue weighted by molar-refractivity contribution is 5.99. The number of rotatable bonds is 4. The molecule has 0 fully saturated rings. The molecule has 4 nitrogen and oxygen atoms in total. The predicted octanol–water partition coefficient (Wildman–Crippen LogP) is 3.51. The molecule has 0 spiro atoms. The monoisotopic (exact) mass is 313 g/mol. The van der Waals surface area contributed by atoms with Gasteiger partial charge in [-0.2, -0.15) is 5.10 Å². The second-order valence-electron chi connectivity index (χ2n) is 4.99. The van der Waals surface area contributed by atoms with Gasteiger partial charge in [-0.15, -0.1) is 0 Å². The van der Waals surface area contributed by atoms with Crippen LogP contribution >= 0.6 is 0 Å². The number of hydrogen-bond donors (Lipinski definition) is 0. The van der Waals surface area contributed by atoms with E-state index in [1.165, 1.54) is 31.3 Å².